The second-order valence-corrected chi connectivity index (χ2v) is 4.69. The van der Waals surface area contributed by atoms with Crippen LogP contribution in [0.25, 0.3) is 0 Å². The maximum absolute atomic E-state index is 13.1. The van der Waals surface area contributed by atoms with Gasteiger partial charge in [-0.3, -0.25) is 4.79 Å². The van der Waals surface area contributed by atoms with E-state index in [0.717, 1.165) is 6.07 Å². The van der Waals surface area contributed by atoms with Crippen molar-refractivity contribution in [3.8, 4) is 0 Å². The van der Waals surface area contributed by atoms with Gasteiger partial charge in [-0.25, -0.2) is 8.78 Å². The molecular formula is C15H22F2N2O. The van der Waals surface area contributed by atoms with Gasteiger partial charge in [0.25, 0.3) is 0 Å². The van der Waals surface area contributed by atoms with E-state index in [1.807, 2.05) is 20.8 Å². The third kappa shape index (κ3) is 4.89. The molecule has 1 N–H and O–H groups in total. The highest BCUT2D eigenvalue weighted by atomic mass is 19.1. The van der Waals surface area contributed by atoms with Crippen molar-refractivity contribution in [1.29, 1.82) is 0 Å². The monoisotopic (exact) mass is 284 g/mol. The number of hydrogen-bond donors (Lipinski definition) is 1. The molecule has 3 nitrogen and oxygen atoms in total. The van der Waals surface area contributed by atoms with Crippen LogP contribution in [0.1, 0.15) is 38.8 Å². The van der Waals surface area contributed by atoms with Gasteiger partial charge < -0.3 is 10.2 Å². The van der Waals surface area contributed by atoms with Crippen LogP contribution in [0, 0.1) is 11.6 Å². The normalized spacial score (nSPS) is 12.2. The molecule has 1 amide bonds. The van der Waals surface area contributed by atoms with Crippen LogP contribution >= 0.6 is 0 Å². The molecule has 0 aliphatic carbocycles. The summed E-state index contributed by atoms with van der Waals surface area (Å²) in [4.78, 5) is 13.6. The summed E-state index contributed by atoms with van der Waals surface area (Å²) in [6, 6.07) is 3.24. The zero-order valence-electron chi connectivity index (χ0n) is 12.2. The highest BCUT2D eigenvalue weighted by Gasteiger charge is 2.11. The maximum atomic E-state index is 13.1. The molecule has 0 heterocycles. The fourth-order valence-corrected chi connectivity index (χ4v) is 2.07. The van der Waals surface area contributed by atoms with Crippen LogP contribution in [-0.2, 0) is 4.79 Å². The van der Waals surface area contributed by atoms with E-state index < -0.39 is 11.6 Å². The highest BCUT2D eigenvalue weighted by molar-refractivity contribution is 5.76. The molecule has 1 rings (SSSR count). The van der Waals surface area contributed by atoms with Crippen LogP contribution in [0.4, 0.5) is 8.78 Å². The van der Waals surface area contributed by atoms with Gasteiger partial charge >= 0.3 is 0 Å². The Balaban J connectivity index is 2.47. The van der Waals surface area contributed by atoms with Crippen LogP contribution in [0.3, 0.4) is 0 Å². The molecule has 1 unspecified atom stereocenters. The largest absolute Gasteiger partial charge is 0.343 e. The van der Waals surface area contributed by atoms with Crippen molar-refractivity contribution in [2.24, 2.45) is 0 Å². The van der Waals surface area contributed by atoms with Gasteiger partial charge in [0.1, 0.15) is 11.6 Å². The minimum Gasteiger partial charge on any atom is -0.343 e. The van der Waals surface area contributed by atoms with Gasteiger partial charge in [0.05, 0.1) is 0 Å². The number of carbonyl (C=O) groups is 1. The Hall–Kier alpha value is -1.49. The van der Waals surface area contributed by atoms with Crippen molar-refractivity contribution in [3.05, 3.63) is 35.4 Å². The van der Waals surface area contributed by atoms with Crippen LogP contribution in [0.2, 0.25) is 0 Å². The van der Waals surface area contributed by atoms with Crippen LogP contribution in [0.15, 0.2) is 18.2 Å². The molecule has 0 aliphatic heterocycles. The first-order valence-corrected chi connectivity index (χ1v) is 6.95. The summed E-state index contributed by atoms with van der Waals surface area (Å²) in [5.74, 6) is -1.10. The standard InChI is InChI=1S/C15H22F2N2O/c1-4-19(5-2)15(20)6-7-18-11(3)12-8-13(16)10-14(17)9-12/h8-11,18H,4-7H2,1-3H3. The van der Waals surface area contributed by atoms with Gasteiger partial charge in [-0.2, -0.15) is 0 Å². The Bertz CT molecular complexity index is 427. The average molecular weight is 284 g/mol. The Kier molecular flexibility index (Phi) is 6.58. The molecule has 0 spiro atoms. The van der Waals surface area contributed by atoms with E-state index in [4.69, 9.17) is 0 Å². The predicted octanol–water partition coefficient (Wildman–Crippen LogP) is 2.87. The lowest BCUT2D eigenvalue weighted by Gasteiger charge is -2.20. The van der Waals surface area contributed by atoms with E-state index in [1.54, 1.807) is 4.90 Å². The summed E-state index contributed by atoms with van der Waals surface area (Å²) in [7, 11) is 0. The van der Waals surface area contributed by atoms with E-state index in [-0.39, 0.29) is 11.9 Å². The Morgan fingerprint density at radius 1 is 1.20 bits per heavy atom. The molecule has 20 heavy (non-hydrogen) atoms. The molecule has 1 aromatic rings. The lowest BCUT2D eigenvalue weighted by Crippen LogP contribution is -2.33. The minimum atomic E-state index is -0.590. The van der Waals surface area contributed by atoms with Crippen LogP contribution < -0.4 is 5.32 Å². The maximum Gasteiger partial charge on any atom is 0.223 e. The summed E-state index contributed by atoms with van der Waals surface area (Å²) in [5, 5.41) is 3.11. The van der Waals surface area contributed by atoms with Gasteiger partial charge in [-0.1, -0.05) is 0 Å². The molecule has 0 saturated carbocycles. The van der Waals surface area contributed by atoms with Gasteiger partial charge in [0.15, 0.2) is 0 Å². The lowest BCUT2D eigenvalue weighted by molar-refractivity contribution is -0.130. The number of carbonyl (C=O) groups excluding carboxylic acids is 1. The predicted molar refractivity (Wildman–Crippen MR) is 75.3 cm³/mol. The van der Waals surface area contributed by atoms with E-state index in [1.165, 1.54) is 12.1 Å². The van der Waals surface area contributed by atoms with E-state index >= 15 is 0 Å². The zero-order chi connectivity index (χ0) is 15.1. The van der Waals surface area contributed by atoms with E-state index in [0.29, 0.717) is 31.6 Å². The molecule has 0 fully saturated rings. The van der Waals surface area contributed by atoms with Crippen molar-refractivity contribution < 1.29 is 13.6 Å². The number of nitrogens with one attached hydrogen (secondary N) is 1. The molecule has 5 heteroatoms. The second-order valence-electron chi connectivity index (χ2n) is 4.69. The van der Waals surface area contributed by atoms with Crippen molar-refractivity contribution in [2.45, 2.75) is 33.2 Å². The van der Waals surface area contributed by atoms with Crippen molar-refractivity contribution in [2.75, 3.05) is 19.6 Å². The summed E-state index contributed by atoms with van der Waals surface area (Å²) in [6.45, 7) is 7.56. The van der Waals surface area contributed by atoms with Crippen LogP contribution in [-0.4, -0.2) is 30.4 Å². The molecule has 1 atom stereocenters. The van der Waals surface area contributed by atoms with Crippen molar-refractivity contribution >= 4 is 5.91 Å². The molecule has 0 aromatic heterocycles. The Morgan fingerprint density at radius 2 is 1.75 bits per heavy atom. The van der Waals surface area contributed by atoms with Gasteiger partial charge in [-0.15, -0.1) is 0 Å². The summed E-state index contributed by atoms with van der Waals surface area (Å²) >= 11 is 0. The summed E-state index contributed by atoms with van der Waals surface area (Å²) in [5.41, 5.74) is 0.540. The SMILES string of the molecule is CCN(CC)C(=O)CCNC(C)c1cc(F)cc(F)c1. The van der Waals surface area contributed by atoms with Gasteiger partial charge in [-0.05, 0) is 38.5 Å². The third-order valence-corrected chi connectivity index (χ3v) is 3.29. The number of rotatable bonds is 7. The fourth-order valence-electron chi connectivity index (χ4n) is 2.07. The number of amides is 1. The van der Waals surface area contributed by atoms with Gasteiger partial charge in [0, 0.05) is 38.2 Å². The van der Waals surface area contributed by atoms with E-state index in [9.17, 15) is 13.6 Å². The van der Waals surface area contributed by atoms with E-state index in [2.05, 4.69) is 5.32 Å². The highest BCUT2D eigenvalue weighted by Crippen LogP contribution is 2.15. The molecule has 1 aromatic carbocycles. The fraction of sp³-hybridized carbons (Fsp3) is 0.533. The first kappa shape index (κ1) is 16.6. The third-order valence-electron chi connectivity index (χ3n) is 3.29. The Labute approximate surface area is 119 Å². The number of hydrogen-bond acceptors (Lipinski definition) is 2. The summed E-state index contributed by atoms with van der Waals surface area (Å²) in [6.07, 6.45) is 0.379. The molecule has 112 valence electrons. The van der Waals surface area contributed by atoms with Crippen molar-refractivity contribution in [1.82, 2.24) is 10.2 Å². The molecule has 0 radical (unpaired) electrons. The smallest absolute Gasteiger partial charge is 0.223 e. The lowest BCUT2D eigenvalue weighted by atomic mass is 10.1. The van der Waals surface area contributed by atoms with Crippen LogP contribution in [0.5, 0.6) is 0 Å². The topological polar surface area (TPSA) is 32.3 Å². The number of halogens is 2. The zero-order valence-corrected chi connectivity index (χ0v) is 12.2. The second kappa shape index (κ2) is 7.94. The van der Waals surface area contributed by atoms with Gasteiger partial charge in [0.2, 0.25) is 5.91 Å². The first-order chi connectivity index (χ1) is 9.47. The average Bonchev–Trinajstić information content (AvgIpc) is 2.38. The quantitative estimate of drug-likeness (QED) is 0.835. The minimum absolute atomic E-state index is 0.0834. The molecule has 0 bridgehead atoms. The molecular weight excluding hydrogens is 262 g/mol. The van der Waals surface area contributed by atoms with Crippen molar-refractivity contribution in [3.63, 3.8) is 0 Å². The summed E-state index contributed by atoms with van der Waals surface area (Å²) < 4.78 is 26.2. The molecule has 0 saturated heterocycles. The number of nitrogens with zero attached hydrogens (tertiary/aromatic N) is 1. The molecule has 0 aliphatic rings. The number of benzene rings is 1. The Morgan fingerprint density at radius 3 is 2.25 bits per heavy atom. The first-order valence-electron chi connectivity index (χ1n) is 6.95.